The van der Waals surface area contributed by atoms with E-state index in [0.29, 0.717) is 17.4 Å². The van der Waals surface area contributed by atoms with Crippen molar-refractivity contribution in [2.45, 2.75) is 19.3 Å². The average molecular weight is 313 g/mol. The summed E-state index contributed by atoms with van der Waals surface area (Å²) in [6, 6.07) is 7.44. The van der Waals surface area contributed by atoms with Gasteiger partial charge >= 0.3 is 5.97 Å². The van der Waals surface area contributed by atoms with Crippen LogP contribution in [0.3, 0.4) is 0 Å². The minimum absolute atomic E-state index is 0.151. The third-order valence-corrected chi connectivity index (χ3v) is 3.98. The van der Waals surface area contributed by atoms with Crippen LogP contribution < -0.4 is 9.64 Å². The Balaban J connectivity index is 2.03. The van der Waals surface area contributed by atoms with Crippen molar-refractivity contribution in [3.63, 3.8) is 0 Å². The average Bonchev–Trinajstić information content (AvgIpc) is 2.62. The monoisotopic (exact) mass is 313 g/mol. The Morgan fingerprint density at radius 2 is 2.04 bits per heavy atom. The summed E-state index contributed by atoms with van der Waals surface area (Å²) in [4.78, 5) is 22.3. The molecule has 1 aliphatic heterocycles. The Labute approximate surface area is 134 Å². The highest BCUT2D eigenvalue weighted by atomic mass is 16.5. The van der Waals surface area contributed by atoms with Gasteiger partial charge in [-0.2, -0.15) is 0 Å². The molecule has 0 aliphatic carbocycles. The number of nitrogens with zero attached hydrogens (tertiary/aromatic N) is 3. The summed E-state index contributed by atoms with van der Waals surface area (Å²) in [7, 11) is 1.60. The molecule has 0 amide bonds. The largest absolute Gasteiger partial charge is 0.497 e. The van der Waals surface area contributed by atoms with Gasteiger partial charge in [0.25, 0.3) is 0 Å². The molecule has 0 unspecified atom stereocenters. The van der Waals surface area contributed by atoms with Crippen LogP contribution in [0.1, 0.15) is 29.6 Å². The van der Waals surface area contributed by atoms with E-state index in [-0.39, 0.29) is 5.56 Å². The van der Waals surface area contributed by atoms with Crippen LogP contribution in [0.4, 0.5) is 5.82 Å². The third kappa shape index (κ3) is 3.26. The number of aromatic nitrogens is 2. The molecule has 1 saturated heterocycles. The summed E-state index contributed by atoms with van der Waals surface area (Å²) in [5.41, 5.74) is 0.957. The highest BCUT2D eigenvalue weighted by Crippen LogP contribution is 2.26. The van der Waals surface area contributed by atoms with E-state index in [2.05, 4.69) is 9.97 Å². The first-order valence-corrected chi connectivity index (χ1v) is 7.69. The lowest BCUT2D eigenvalue weighted by Gasteiger charge is -2.28. The number of carboxylic acid groups (broad SMARTS) is 1. The van der Waals surface area contributed by atoms with Crippen molar-refractivity contribution in [3.05, 3.63) is 36.0 Å². The van der Waals surface area contributed by atoms with Crippen LogP contribution in [-0.4, -0.2) is 41.2 Å². The summed E-state index contributed by atoms with van der Waals surface area (Å²) in [6.45, 7) is 1.66. The van der Waals surface area contributed by atoms with Crippen molar-refractivity contribution in [1.29, 1.82) is 0 Å². The molecule has 0 spiro atoms. The quantitative estimate of drug-likeness (QED) is 0.935. The first kappa shape index (κ1) is 15.3. The van der Waals surface area contributed by atoms with Crippen molar-refractivity contribution in [2.24, 2.45) is 0 Å². The molecule has 3 rings (SSSR count). The number of aromatic carboxylic acids is 1. The molecule has 2 aromatic rings. The molecule has 120 valence electrons. The summed E-state index contributed by atoms with van der Waals surface area (Å²) in [6.07, 6.45) is 4.68. The second-order valence-corrected chi connectivity index (χ2v) is 5.52. The van der Waals surface area contributed by atoms with E-state index < -0.39 is 5.97 Å². The standard InChI is InChI=1S/C17H19N3O3/c1-23-13-7-5-6-12(10-13)15-18-11-14(17(21)22)16(19-15)20-8-3-2-4-9-20/h5-7,10-11H,2-4,8-9H2,1H3,(H,21,22). The number of carbonyl (C=O) groups is 1. The summed E-state index contributed by atoms with van der Waals surface area (Å²) < 4.78 is 5.22. The van der Waals surface area contributed by atoms with Crippen molar-refractivity contribution in [2.75, 3.05) is 25.1 Å². The molecular weight excluding hydrogens is 294 g/mol. The van der Waals surface area contributed by atoms with Crippen LogP contribution in [0.25, 0.3) is 11.4 Å². The maximum absolute atomic E-state index is 11.5. The highest BCUT2D eigenvalue weighted by molar-refractivity contribution is 5.93. The predicted octanol–water partition coefficient (Wildman–Crippen LogP) is 2.84. The zero-order valence-electron chi connectivity index (χ0n) is 13.0. The van der Waals surface area contributed by atoms with Crippen LogP contribution in [0.2, 0.25) is 0 Å². The lowest BCUT2D eigenvalue weighted by Crippen LogP contribution is -2.32. The van der Waals surface area contributed by atoms with Gasteiger partial charge in [-0.25, -0.2) is 14.8 Å². The van der Waals surface area contributed by atoms with Gasteiger partial charge in [0, 0.05) is 24.8 Å². The van der Waals surface area contributed by atoms with Crippen LogP contribution in [0.15, 0.2) is 30.5 Å². The molecule has 6 nitrogen and oxygen atoms in total. The highest BCUT2D eigenvalue weighted by Gasteiger charge is 2.21. The fourth-order valence-corrected chi connectivity index (χ4v) is 2.77. The molecule has 2 heterocycles. The Kier molecular flexibility index (Phi) is 4.41. The van der Waals surface area contributed by atoms with Gasteiger partial charge in [0.15, 0.2) is 5.82 Å². The van der Waals surface area contributed by atoms with Gasteiger partial charge in [0.05, 0.1) is 7.11 Å². The zero-order chi connectivity index (χ0) is 16.2. The van der Waals surface area contributed by atoms with Crippen LogP contribution in [0.5, 0.6) is 5.75 Å². The number of ether oxygens (including phenoxy) is 1. The van der Waals surface area contributed by atoms with E-state index in [1.807, 2.05) is 29.2 Å². The summed E-state index contributed by atoms with van der Waals surface area (Å²) in [5.74, 6) is 0.732. The number of piperidine rings is 1. The maximum atomic E-state index is 11.5. The minimum atomic E-state index is -0.997. The predicted molar refractivity (Wildman–Crippen MR) is 87.0 cm³/mol. The van der Waals surface area contributed by atoms with E-state index in [0.717, 1.165) is 31.5 Å². The lowest BCUT2D eigenvalue weighted by atomic mass is 10.1. The molecule has 1 N–H and O–H groups in total. The van der Waals surface area contributed by atoms with Gasteiger partial charge in [-0.1, -0.05) is 12.1 Å². The number of benzene rings is 1. The van der Waals surface area contributed by atoms with Gasteiger partial charge < -0.3 is 14.7 Å². The molecule has 1 aliphatic rings. The van der Waals surface area contributed by atoms with Crippen LogP contribution >= 0.6 is 0 Å². The van der Waals surface area contributed by atoms with Gasteiger partial charge in [-0.15, -0.1) is 0 Å². The third-order valence-electron chi connectivity index (χ3n) is 3.98. The Morgan fingerprint density at radius 1 is 1.26 bits per heavy atom. The van der Waals surface area contributed by atoms with Gasteiger partial charge in [0.1, 0.15) is 17.1 Å². The van der Waals surface area contributed by atoms with Crippen molar-refractivity contribution < 1.29 is 14.6 Å². The Bertz CT molecular complexity index is 712. The fourth-order valence-electron chi connectivity index (χ4n) is 2.77. The van der Waals surface area contributed by atoms with Crippen molar-refractivity contribution >= 4 is 11.8 Å². The van der Waals surface area contributed by atoms with E-state index >= 15 is 0 Å². The molecule has 0 atom stereocenters. The molecule has 1 aromatic carbocycles. The van der Waals surface area contributed by atoms with E-state index in [1.54, 1.807) is 7.11 Å². The van der Waals surface area contributed by atoms with E-state index in [4.69, 9.17) is 4.74 Å². The molecule has 0 radical (unpaired) electrons. The van der Waals surface area contributed by atoms with Crippen molar-refractivity contribution in [1.82, 2.24) is 9.97 Å². The van der Waals surface area contributed by atoms with Crippen LogP contribution in [-0.2, 0) is 0 Å². The van der Waals surface area contributed by atoms with Crippen molar-refractivity contribution in [3.8, 4) is 17.1 Å². The first-order valence-electron chi connectivity index (χ1n) is 7.69. The van der Waals surface area contributed by atoms with E-state index in [9.17, 15) is 9.90 Å². The molecule has 0 saturated carbocycles. The van der Waals surface area contributed by atoms with Gasteiger partial charge in [0.2, 0.25) is 0 Å². The first-order chi connectivity index (χ1) is 11.2. The lowest BCUT2D eigenvalue weighted by molar-refractivity contribution is 0.0696. The number of methoxy groups -OCH3 is 1. The molecular formula is C17H19N3O3. The number of hydrogen-bond acceptors (Lipinski definition) is 5. The van der Waals surface area contributed by atoms with Gasteiger partial charge in [-0.3, -0.25) is 0 Å². The number of carboxylic acids is 1. The minimum Gasteiger partial charge on any atom is -0.497 e. The smallest absolute Gasteiger partial charge is 0.341 e. The maximum Gasteiger partial charge on any atom is 0.341 e. The van der Waals surface area contributed by atoms with Gasteiger partial charge in [-0.05, 0) is 31.4 Å². The molecule has 1 fully saturated rings. The Hall–Kier alpha value is -2.63. The summed E-state index contributed by atoms with van der Waals surface area (Å²) in [5, 5.41) is 9.41. The topological polar surface area (TPSA) is 75.6 Å². The molecule has 0 bridgehead atoms. The number of hydrogen-bond donors (Lipinski definition) is 1. The Morgan fingerprint density at radius 3 is 2.74 bits per heavy atom. The van der Waals surface area contributed by atoms with E-state index in [1.165, 1.54) is 12.6 Å². The fraction of sp³-hybridized carbons (Fsp3) is 0.353. The SMILES string of the molecule is COc1cccc(-c2ncc(C(=O)O)c(N3CCCCC3)n2)c1. The number of anilines is 1. The zero-order valence-corrected chi connectivity index (χ0v) is 13.0. The molecule has 6 heteroatoms. The summed E-state index contributed by atoms with van der Waals surface area (Å²) >= 11 is 0. The van der Waals surface area contributed by atoms with Crippen LogP contribution in [0, 0.1) is 0 Å². The molecule has 1 aromatic heterocycles. The normalized spacial score (nSPS) is 14.6. The number of rotatable bonds is 4. The molecule has 23 heavy (non-hydrogen) atoms. The second-order valence-electron chi connectivity index (χ2n) is 5.52. The second kappa shape index (κ2) is 6.64.